The van der Waals surface area contributed by atoms with E-state index in [1.807, 2.05) is 0 Å². The Kier molecular flexibility index (Phi) is 3.24. The summed E-state index contributed by atoms with van der Waals surface area (Å²) in [5.74, 6) is 5.92. The van der Waals surface area contributed by atoms with Crippen LogP contribution in [0.15, 0.2) is 0 Å². The molecule has 0 unspecified atom stereocenters. The monoisotopic (exact) mass is 194 g/mol. The fraction of sp³-hybridized carbons (Fsp3) is 0.833. The van der Waals surface area contributed by atoms with Gasteiger partial charge in [0.2, 0.25) is 0 Å². The van der Waals surface area contributed by atoms with E-state index in [1.54, 1.807) is 0 Å². The zero-order valence-corrected chi connectivity index (χ0v) is 10.6. The Labute approximate surface area is 84.1 Å². The summed E-state index contributed by atoms with van der Waals surface area (Å²) in [5.41, 5.74) is 3.50. The van der Waals surface area contributed by atoms with Gasteiger partial charge in [-0.25, -0.2) is 0 Å². The Morgan fingerprint density at radius 2 is 1.69 bits per heavy atom. The van der Waals surface area contributed by atoms with Crippen molar-refractivity contribution in [2.45, 2.75) is 46.3 Å². The van der Waals surface area contributed by atoms with Crippen molar-refractivity contribution < 1.29 is 0 Å². The molecule has 3 atom stereocenters. The maximum Gasteiger partial charge on any atom is 0.129 e. The quantitative estimate of drug-likeness (QED) is 0.409. The molecule has 1 aliphatic carbocycles. The van der Waals surface area contributed by atoms with Gasteiger partial charge in [-0.05, 0) is 24.7 Å². The van der Waals surface area contributed by atoms with Crippen LogP contribution in [0.4, 0.5) is 0 Å². The van der Waals surface area contributed by atoms with Crippen LogP contribution in [0.5, 0.6) is 0 Å². The minimum absolute atomic E-state index is 0.696. The molecule has 1 saturated carbocycles. The van der Waals surface area contributed by atoms with E-state index < -0.39 is 8.07 Å². The predicted molar refractivity (Wildman–Crippen MR) is 62.2 cm³/mol. The topological polar surface area (TPSA) is 0 Å². The summed E-state index contributed by atoms with van der Waals surface area (Å²) in [6.45, 7) is 11.7. The first kappa shape index (κ1) is 10.9. The molecule has 0 nitrogen and oxygen atoms in total. The molecule has 0 aromatic carbocycles. The predicted octanol–water partition coefficient (Wildman–Crippen LogP) is 3.55. The average molecular weight is 194 g/mol. The second kappa shape index (κ2) is 3.88. The van der Waals surface area contributed by atoms with E-state index in [0.717, 1.165) is 11.8 Å². The molecule has 1 heteroatoms. The first-order chi connectivity index (χ1) is 5.90. The third kappa shape index (κ3) is 3.19. The summed E-state index contributed by atoms with van der Waals surface area (Å²) < 4.78 is 0. The molecule has 74 valence electrons. The van der Waals surface area contributed by atoms with E-state index in [0.29, 0.717) is 5.92 Å². The molecular formula is C12H22Si. The molecule has 0 aromatic heterocycles. The minimum atomic E-state index is -1.14. The maximum atomic E-state index is 3.51. The third-order valence-electron chi connectivity index (χ3n) is 3.10. The van der Waals surface area contributed by atoms with Crippen molar-refractivity contribution in [3.63, 3.8) is 0 Å². The molecule has 0 amide bonds. The molecule has 0 N–H and O–H groups in total. The Balaban J connectivity index is 2.59. The maximum absolute atomic E-state index is 3.51. The summed E-state index contributed by atoms with van der Waals surface area (Å²) in [6, 6.07) is 0. The summed E-state index contributed by atoms with van der Waals surface area (Å²) in [5, 5.41) is 0. The fourth-order valence-electron chi connectivity index (χ4n) is 1.88. The van der Waals surface area contributed by atoms with E-state index in [-0.39, 0.29) is 0 Å². The molecule has 13 heavy (non-hydrogen) atoms. The molecule has 0 radical (unpaired) electrons. The van der Waals surface area contributed by atoms with E-state index in [2.05, 4.69) is 45.0 Å². The van der Waals surface area contributed by atoms with Crippen molar-refractivity contribution in [1.29, 1.82) is 0 Å². The lowest BCUT2D eigenvalue weighted by atomic mass is 9.93. The van der Waals surface area contributed by atoms with Gasteiger partial charge in [-0.3, -0.25) is 0 Å². The van der Waals surface area contributed by atoms with Gasteiger partial charge in [0.25, 0.3) is 0 Å². The van der Waals surface area contributed by atoms with Crippen molar-refractivity contribution in [3.8, 4) is 11.5 Å². The van der Waals surface area contributed by atoms with Crippen LogP contribution in [0.1, 0.15) is 26.7 Å². The number of hydrogen-bond donors (Lipinski definition) is 0. The standard InChI is InChI=1S/C12H22Si/c1-10-6-7-12(11(10)2)8-9-13(3,4)5/h10-12H,6-7H2,1-5H3/t10-,11+,12-/m0/s1. The Morgan fingerprint density at radius 3 is 2.08 bits per heavy atom. The Bertz CT molecular complexity index is 226. The molecule has 1 aliphatic rings. The van der Waals surface area contributed by atoms with Crippen molar-refractivity contribution in [3.05, 3.63) is 0 Å². The highest BCUT2D eigenvalue weighted by Gasteiger charge is 2.28. The van der Waals surface area contributed by atoms with Crippen LogP contribution in [0.3, 0.4) is 0 Å². The van der Waals surface area contributed by atoms with Crippen LogP contribution in [0, 0.1) is 29.2 Å². The van der Waals surface area contributed by atoms with Crippen LogP contribution in [0.2, 0.25) is 19.6 Å². The lowest BCUT2D eigenvalue weighted by Crippen LogP contribution is -2.17. The van der Waals surface area contributed by atoms with Crippen LogP contribution in [-0.4, -0.2) is 8.07 Å². The van der Waals surface area contributed by atoms with Gasteiger partial charge < -0.3 is 0 Å². The Hall–Kier alpha value is -0.223. The molecule has 0 saturated heterocycles. The molecule has 1 fully saturated rings. The highest BCUT2D eigenvalue weighted by atomic mass is 28.3. The normalized spacial score (nSPS) is 34.1. The van der Waals surface area contributed by atoms with Crippen molar-refractivity contribution in [1.82, 2.24) is 0 Å². The SMILES string of the molecule is C[C@H]1[C@H](C#C[Si](C)(C)C)CC[C@@H]1C. The number of hydrogen-bond acceptors (Lipinski definition) is 0. The van der Waals surface area contributed by atoms with Gasteiger partial charge >= 0.3 is 0 Å². The summed E-state index contributed by atoms with van der Waals surface area (Å²) in [6.07, 6.45) is 2.71. The van der Waals surface area contributed by atoms with Crippen molar-refractivity contribution in [2.24, 2.45) is 17.8 Å². The molecule has 0 heterocycles. The van der Waals surface area contributed by atoms with Gasteiger partial charge in [0.1, 0.15) is 8.07 Å². The molecule has 0 aromatic rings. The van der Waals surface area contributed by atoms with E-state index >= 15 is 0 Å². The third-order valence-corrected chi connectivity index (χ3v) is 3.99. The lowest BCUT2D eigenvalue weighted by Gasteiger charge is -2.13. The van der Waals surface area contributed by atoms with Gasteiger partial charge in [-0.2, -0.15) is 0 Å². The van der Waals surface area contributed by atoms with Crippen molar-refractivity contribution >= 4 is 8.07 Å². The van der Waals surface area contributed by atoms with Crippen LogP contribution in [-0.2, 0) is 0 Å². The first-order valence-electron chi connectivity index (χ1n) is 5.43. The van der Waals surface area contributed by atoms with E-state index in [4.69, 9.17) is 0 Å². The van der Waals surface area contributed by atoms with E-state index in [1.165, 1.54) is 12.8 Å². The average Bonchev–Trinajstić information content (AvgIpc) is 2.29. The second-order valence-electron chi connectivity index (χ2n) is 5.54. The van der Waals surface area contributed by atoms with E-state index in [9.17, 15) is 0 Å². The number of rotatable bonds is 0. The second-order valence-corrected chi connectivity index (χ2v) is 10.3. The molecular weight excluding hydrogens is 172 g/mol. The van der Waals surface area contributed by atoms with Gasteiger partial charge in [-0.15, -0.1) is 11.5 Å². The summed E-state index contributed by atoms with van der Waals surface area (Å²) in [7, 11) is -1.14. The highest BCUT2D eigenvalue weighted by Crippen LogP contribution is 2.35. The van der Waals surface area contributed by atoms with Crippen molar-refractivity contribution in [2.75, 3.05) is 0 Å². The van der Waals surface area contributed by atoms with Gasteiger partial charge in [0, 0.05) is 5.92 Å². The molecule has 1 rings (SSSR count). The lowest BCUT2D eigenvalue weighted by molar-refractivity contribution is 0.414. The zero-order chi connectivity index (χ0) is 10.1. The fourth-order valence-corrected chi connectivity index (χ4v) is 2.50. The molecule has 0 spiro atoms. The van der Waals surface area contributed by atoms with Gasteiger partial charge in [0.15, 0.2) is 0 Å². The van der Waals surface area contributed by atoms with Crippen LogP contribution < -0.4 is 0 Å². The van der Waals surface area contributed by atoms with Crippen LogP contribution in [0.25, 0.3) is 0 Å². The van der Waals surface area contributed by atoms with Crippen LogP contribution >= 0.6 is 0 Å². The summed E-state index contributed by atoms with van der Waals surface area (Å²) in [4.78, 5) is 0. The smallest absolute Gasteiger partial charge is 0.129 e. The highest BCUT2D eigenvalue weighted by molar-refractivity contribution is 6.83. The van der Waals surface area contributed by atoms with Gasteiger partial charge in [0.05, 0.1) is 0 Å². The largest absolute Gasteiger partial charge is 0.132 e. The van der Waals surface area contributed by atoms with Gasteiger partial charge in [-0.1, -0.05) is 33.5 Å². The minimum Gasteiger partial charge on any atom is -0.132 e. The first-order valence-corrected chi connectivity index (χ1v) is 8.93. The Morgan fingerprint density at radius 1 is 1.08 bits per heavy atom. The summed E-state index contributed by atoms with van der Waals surface area (Å²) >= 11 is 0. The molecule has 0 aliphatic heterocycles. The zero-order valence-electron chi connectivity index (χ0n) is 9.65. The molecule has 0 bridgehead atoms.